The van der Waals surface area contributed by atoms with Crippen LogP contribution in [0.4, 0.5) is 0 Å². The summed E-state index contributed by atoms with van der Waals surface area (Å²) in [4.78, 5) is 26.4. The van der Waals surface area contributed by atoms with Crippen molar-refractivity contribution in [1.82, 2.24) is 0 Å². The molecule has 2 aromatic carbocycles. The van der Waals surface area contributed by atoms with Crippen molar-refractivity contribution in [2.45, 2.75) is 117 Å². The molecule has 0 amide bonds. The van der Waals surface area contributed by atoms with Gasteiger partial charge in [0.05, 0.1) is 48.3 Å². The maximum Gasteiger partial charge on any atom is 0.338 e. The van der Waals surface area contributed by atoms with E-state index in [1.165, 1.54) is 0 Å². The first-order chi connectivity index (χ1) is 22.9. The average Bonchev–Trinajstić information content (AvgIpc) is 3.09. The second kappa shape index (κ2) is 15.8. The number of aliphatic hydroxyl groups is 1. The zero-order valence-electron chi connectivity index (χ0n) is 29.3. The lowest BCUT2D eigenvalue weighted by molar-refractivity contribution is -0.341. The number of benzene rings is 2. The van der Waals surface area contributed by atoms with Crippen LogP contribution >= 0.6 is 0 Å². The van der Waals surface area contributed by atoms with Gasteiger partial charge in [-0.15, -0.1) is 0 Å². The molecule has 0 bridgehead atoms. The predicted octanol–water partition coefficient (Wildman–Crippen LogP) is 5.66. The predicted molar refractivity (Wildman–Crippen MR) is 177 cm³/mol. The Kier molecular flexibility index (Phi) is 12.0. The maximum absolute atomic E-state index is 13.2. The number of rotatable bonds is 9. The summed E-state index contributed by atoms with van der Waals surface area (Å²) in [6.45, 7) is 15.8. The Bertz CT molecular complexity index is 1340. The highest BCUT2D eigenvalue weighted by atomic mass is 16.7. The fraction of sp³-hybridized carbons (Fsp3) is 0.632. The first-order valence-corrected chi connectivity index (χ1v) is 17.3. The summed E-state index contributed by atoms with van der Waals surface area (Å²) in [5.41, 5.74) is 0.886. The highest BCUT2D eigenvalue weighted by Gasteiger charge is 2.51. The third-order valence-corrected chi connectivity index (χ3v) is 10.9. The molecule has 15 atom stereocenters. The summed E-state index contributed by atoms with van der Waals surface area (Å²) in [6.07, 6.45) is -5.87. The summed E-state index contributed by atoms with van der Waals surface area (Å²) in [6, 6.07) is 17.7. The third-order valence-electron chi connectivity index (χ3n) is 10.9. The Morgan fingerprint density at radius 1 is 0.542 bits per heavy atom. The number of hydrogen-bond donors (Lipinski definition) is 1. The number of carbonyl (C=O) groups excluding carboxylic acids is 2. The van der Waals surface area contributed by atoms with Crippen LogP contribution in [0.5, 0.6) is 0 Å². The summed E-state index contributed by atoms with van der Waals surface area (Å²) in [5.74, 6) is -1.17. The Balaban J connectivity index is 1.36. The van der Waals surface area contributed by atoms with E-state index < -0.39 is 61.1 Å². The lowest BCUT2D eigenvalue weighted by atomic mass is 9.83. The quantitative estimate of drug-likeness (QED) is 0.336. The fourth-order valence-corrected chi connectivity index (χ4v) is 7.14. The second-order valence-corrected chi connectivity index (χ2v) is 14.0. The van der Waals surface area contributed by atoms with Gasteiger partial charge in [-0.25, -0.2) is 9.59 Å². The van der Waals surface area contributed by atoms with Gasteiger partial charge in [0.1, 0.15) is 6.10 Å². The Hall–Kier alpha value is -2.86. The molecule has 0 radical (unpaired) electrons. The van der Waals surface area contributed by atoms with Crippen LogP contribution < -0.4 is 0 Å². The van der Waals surface area contributed by atoms with E-state index in [-0.39, 0.29) is 48.4 Å². The SMILES string of the molecule is CC1O[C@@H](OC2[C@H](C)OC(CO)[C@@H](O[C@@H]3OC(C)[C@H](C)[C@H](C)C3OC(=O)c3ccccc3)[C@@H]2C)C(OC(=O)c2ccccc2)[C@@H](C)[C@H]1C. The van der Waals surface area contributed by atoms with Gasteiger partial charge in [-0.2, -0.15) is 0 Å². The molecule has 3 aliphatic rings. The Morgan fingerprint density at radius 2 is 0.958 bits per heavy atom. The normalized spacial score (nSPS) is 40.1. The van der Waals surface area contributed by atoms with Crippen LogP contribution in [0.2, 0.25) is 0 Å². The minimum absolute atomic E-state index is 0.0561. The molecule has 0 aliphatic carbocycles. The lowest BCUT2D eigenvalue weighted by Crippen LogP contribution is -2.61. The summed E-state index contributed by atoms with van der Waals surface area (Å²) >= 11 is 0. The van der Waals surface area contributed by atoms with Gasteiger partial charge in [-0.1, -0.05) is 71.0 Å². The number of hydrogen-bond acceptors (Lipinski definition) is 10. The van der Waals surface area contributed by atoms with Crippen molar-refractivity contribution in [3.05, 3.63) is 71.8 Å². The maximum atomic E-state index is 13.2. The Labute approximate surface area is 284 Å². The topological polar surface area (TPSA) is 119 Å². The Morgan fingerprint density at radius 3 is 1.38 bits per heavy atom. The molecule has 10 nitrogen and oxygen atoms in total. The van der Waals surface area contributed by atoms with Crippen molar-refractivity contribution < 1.29 is 47.9 Å². The van der Waals surface area contributed by atoms with E-state index in [9.17, 15) is 14.7 Å². The highest BCUT2D eigenvalue weighted by Crippen LogP contribution is 2.40. The monoisotopic (exact) mass is 668 g/mol. The first-order valence-electron chi connectivity index (χ1n) is 17.3. The van der Waals surface area contributed by atoms with Gasteiger partial charge >= 0.3 is 11.9 Å². The average molecular weight is 669 g/mol. The van der Waals surface area contributed by atoms with Crippen molar-refractivity contribution >= 4 is 11.9 Å². The zero-order valence-corrected chi connectivity index (χ0v) is 29.3. The summed E-state index contributed by atoms with van der Waals surface area (Å²) in [7, 11) is 0. The number of ether oxygens (including phenoxy) is 7. The molecule has 48 heavy (non-hydrogen) atoms. The second-order valence-electron chi connectivity index (χ2n) is 14.0. The van der Waals surface area contributed by atoms with E-state index in [4.69, 9.17) is 33.2 Å². The molecular weight excluding hydrogens is 616 g/mol. The van der Waals surface area contributed by atoms with Crippen LogP contribution in [0.1, 0.15) is 76.1 Å². The van der Waals surface area contributed by atoms with Crippen LogP contribution in [0.15, 0.2) is 60.7 Å². The van der Waals surface area contributed by atoms with E-state index >= 15 is 0 Å². The molecule has 10 heteroatoms. The van der Waals surface area contributed by atoms with Crippen molar-refractivity contribution in [1.29, 1.82) is 0 Å². The molecule has 264 valence electrons. The van der Waals surface area contributed by atoms with Crippen molar-refractivity contribution in [3.8, 4) is 0 Å². The van der Waals surface area contributed by atoms with Crippen LogP contribution in [-0.4, -0.2) is 85.1 Å². The molecule has 6 unspecified atom stereocenters. The van der Waals surface area contributed by atoms with Gasteiger partial charge in [-0.05, 0) is 56.9 Å². The van der Waals surface area contributed by atoms with E-state index in [0.29, 0.717) is 11.1 Å². The van der Waals surface area contributed by atoms with Gasteiger partial charge in [0, 0.05) is 17.8 Å². The van der Waals surface area contributed by atoms with Gasteiger partial charge < -0.3 is 38.3 Å². The van der Waals surface area contributed by atoms with Crippen LogP contribution in [0.25, 0.3) is 0 Å². The van der Waals surface area contributed by atoms with Crippen molar-refractivity contribution in [3.63, 3.8) is 0 Å². The van der Waals surface area contributed by atoms with Gasteiger partial charge in [0.25, 0.3) is 0 Å². The molecule has 2 aromatic rings. The molecule has 0 spiro atoms. The lowest BCUT2D eigenvalue weighted by Gasteiger charge is -2.50. The molecule has 0 saturated carbocycles. The minimum atomic E-state index is -0.913. The largest absolute Gasteiger partial charge is 0.453 e. The molecule has 3 fully saturated rings. The third kappa shape index (κ3) is 7.79. The van der Waals surface area contributed by atoms with Gasteiger partial charge in [0.15, 0.2) is 24.8 Å². The van der Waals surface area contributed by atoms with Crippen LogP contribution in [-0.2, 0) is 33.2 Å². The minimum Gasteiger partial charge on any atom is -0.453 e. The summed E-state index contributed by atoms with van der Waals surface area (Å²) < 4.78 is 44.6. The fourth-order valence-electron chi connectivity index (χ4n) is 7.14. The molecule has 5 rings (SSSR count). The summed E-state index contributed by atoms with van der Waals surface area (Å²) in [5, 5.41) is 10.4. The smallest absolute Gasteiger partial charge is 0.338 e. The van der Waals surface area contributed by atoms with E-state index in [1.807, 2.05) is 53.7 Å². The van der Waals surface area contributed by atoms with Crippen LogP contribution in [0, 0.1) is 29.6 Å². The van der Waals surface area contributed by atoms with Crippen molar-refractivity contribution in [2.75, 3.05) is 6.61 Å². The molecular formula is C38H52O10. The van der Waals surface area contributed by atoms with E-state index in [0.717, 1.165) is 0 Å². The number of esters is 2. The van der Waals surface area contributed by atoms with E-state index in [1.54, 1.807) is 48.5 Å². The molecule has 3 heterocycles. The standard InChI is InChI=1S/C38H52O10/c1-20-22(3)33(45-35(40)28-15-11-9-12-16-28)37(43-25(20)6)47-31-24(5)32(30(19-39)42-27(31)8)48-38-34(23(4)21(2)26(7)44-38)46-36(41)29-17-13-10-14-18-29/h9-18,20-27,30-34,37-39H,19H2,1-8H3/t20-,21-,22+,23+,24-,25?,26?,27+,30?,31?,32+,33?,34?,37+,38+/m1/s1. The molecule has 3 saturated heterocycles. The first kappa shape index (κ1) is 36.4. The van der Waals surface area contributed by atoms with Crippen molar-refractivity contribution in [2.24, 2.45) is 29.6 Å². The van der Waals surface area contributed by atoms with Crippen LogP contribution in [0.3, 0.4) is 0 Å². The molecule has 1 N–H and O–H groups in total. The zero-order chi connectivity index (χ0) is 34.7. The highest BCUT2D eigenvalue weighted by molar-refractivity contribution is 5.89. The number of aliphatic hydroxyl groups excluding tert-OH is 1. The van der Waals surface area contributed by atoms with Gasteiger partial charge in [-0.3, -0.25) is 0 Å². The molecule has 3 aliphatic heterocycles. The van der Waals surface area contributed by atoms with E-state index in [2.05, 4.69) is 13.8 Å². The van der Waals surface area contributed by atoms with Gasteiger partial charge in [0.2, 0.25) is 0 Å². The number of carbonyl (C=O) groups is 2. The molecule has 0 aromatic heterocycles.